The fraction of sp³-hybridized carbons (Fsp3) is 0.583. The molecule has 1 aromatic heterocycles. The summed E-state index contributed by atoms with van der Waals surface area (Å²) in [7, 11) is -3.41. The topological polar surface area (TPSA) is 76.3 Å². The van der Waals surface area contributed by atoms with E-state index in [1.165, 1.54) is 6.20 Å². The van der Waals surface area contributed by atoms with Crippen molar-refractivity contribution in [2.24, 2.45) is 11.7 Å². The van der Waals surface area contributed by atoms with Crippen molar-refractivity contribution in [2.75, 3.05) is 19.6 Å². The molecule has 7 heteroatoms. The molecule has 1 aliphatic rings. The summed E-state index contributed by atoms with van der Waals surface area (Å²) in [6.07, 6.45) is 5.72. The van der Waals surface area contributed by atoms with Crippen LogP contribution in [0.2, 0.25) is 0 Å². The van der Waals surface area contributed by atoms with Crippen LogP contribution in [0, 0.1) is 5.92 Å². The first-order valence-electron chi connectivity index (χ1n) is 6.35. The third-order valence-electron chi connectivity index (χ3n) is 3.47. The third kappa shape index (κ3) is 3.53. The molecule has 19 heavy (non-hydrogen) atoms. The second-order valence-corrected chi connectivity index (χ2v) is 7.62. The van der Waals surface area contributed by atoms with Crippen molar-refractivity contribution < 1.29 is 8.42 Å². The van der Waals surface area contributed by atoms with Crippen LogP contribution in [0.4, 0.5) is 0 Å². The molecule has 0 aliphatic carbocycles. The predicted octanol–water partition coefficient (Wildman–Crippen LogP) is 1.59. The Morgan fingerprint density at radius 3 is 2.63 bits per heavy atom. The Hall–Kier alpha value is -0.500. The van der Waals surface area contributed by atoms with Gasteiger partial charge in [0.25, 0.3) is 0 Å². The van der Waals surface area contributed by atoms with Gasteiger partial charge in [0.1, 0.15) is 4.90 Å². The molecule has 0 aromatic carbocycles. The average Bonchev–Trinajstić information content (AvgIpc) is 2.40. The highest BCUT2D eigenvalue weighted by molar-refractivity contribution is 9.10. The van der Waals surface area contributed by atoms with Crippen molar-refractivity contribution in [3.63, 3.8) is 0 Å². The Bertz CT molecular complexity index is 528. The van der Waals surface area contributed by atoms with Gasteiger partial charge in [0.2, 0.25) is 10.0 Å². The number of pyridine rings is 1. The van der Waals surface area contributed by atoms with E-state index in [0.717, 1.165) is 19.3 Å². The van der Waals surface area contributed by atoms with Gasteiger partial charge < -0.3 is 5.73 Å². The standard InChI is InChI=1S/C12H18BrN3O2S/c13-11-7-12(9-15-8-11)19(17,18)16-5-2-10(1-4-14)3-6-16/h7-10H,1-6,14H2. The van der Waals surface area contributed by atoms with Crippen molar-refractivity contribution in [3.8, 4) is 0 Å². The number of halogens is 1. The van der Waals surface area contributed by atoms with Gasteiger partial charge in [0.05, 0.1) is 0 Å². The molecular weight excluding hydrogens is 330 g/mol. The van der Waals surface area contributed by atoms with Crippen LogP contribution in [0.5, 0.6) is 0 Å². The third-order valence-corrected chi connectivity index (χ3v) is 5.76. The zero-order valence-electron chi connectivity index (χ0n) is 10.6. The van der Waals surface area contributed by atoms with Gasteiger partial charge in [-0.2, -0.15) is 4.31 Å². The summed E-state index contributed by atoms with van der Waals surface area (Å²) in [6.45, 7) is 1.81. The van der Waals surface area contributed by atoms with Crippen molar-refractivity contribution in [1.82, 2.24) is 9.29 Å². The summed E-state index contributed by atoms with van der Waals surface area (Å²) in [5.41, 5.74) is 5.54. The van der Waals surface area contributed by atoms with Gasteiger partial charge in [-0.05, 0) is 53.7 Å². The van der Waals surface area contributed by atoms with Gasteiger partial charge >= 0.3 is 0 Å². The van der Waals surface area contributed by atoms with Crippen LogP contribution in [-0.2, 0) is 10.0 Å². The normalized spacial score (nSPS) is 18.6. The first-order valence-corrected chi connectivity index (χ1v) is 8.58. The maximum atomic E-state index is 12.4. The molecule has 1 saturated heterocycles. The van der Waals surface area contributed by atoms with Gasteiger partial charge in [0.15, 0.2) is 0 Å². The number of nitrogens with zero attached hydrogens (tertiary/aromatic N) is 2. The maximum Gasteiger partial charge on any atom is 0.244 e. The molecule has 1 aromatic rings. The van der Waals surface area contributed by atoms with Crippen LogP contribution in [0.3, 0.4) is 0 Å². The van der Waals surface area contributed by atoms with E-state index in [1.54, 1.807) is 16.6 Å². The highest BCUT2D eigenvalue weighted by Crippen LogP contribution is 2.25. The summed E-state index contributed by atoms with van der Waals surface area (Å²) in [6, 6.07) is 1.59. The average molecular weight is 348 g/mol. The molecule has 1 aliphatic heterocycles. The fourth-order valence-corrected chi connectivity index (χ4v) is 4.33. The van der Waals surface area contributed by atoms with Crippen LogP contribution < -0.4 is 5.73 Å². The minimum absolute atomic E-state index is 0.249. The van der Waals surface area contributed by atoms with E-state index in [4.69, 9.17) is 5.73 Å². The second kappa shape index (κ2) is 6.30. The summed E-state index contributed by atoms with van der Waals surface area (Å²) < 4.78 is 27.1. The number of rotatable bonds is 4. The molecule has 106 valence electrons. The fourth-order valence-electron chi connectivity index (χ4n) is 2.36. The molecule has 0 saturated carbocycles. The van der Waals surface area contributed by atoms with E-state index in [9.17, 15) is 8.42 Å². The zero-order valence-corrected chi connectivity index (χ0v) is 13.0. The minimum Gasteiger partial charge on any atom is -0.330 e. The molecule has 2 N–H and O–H groups in total. The van der Waals surface area contributed by atoms with Crippen molar-refractivity contribution in [3.05, 3.63) is 22.9 Å². The lowest BCUT2D eigenvalue weighted by atomic mass is 9.95. The molecule has 0 spiro atoms. The summed E-state index contributed by atoms with van der Waals surface area (Å²) in [5, 5.41) is 0. The molecule has 0 radical (unpaired) electrons. The highest BCUT2D eigenvalue weighted by atomic mass is 79.9. The summed E-state index contributed by atoms with van der Waals surface area (Å²) in [5.74, 6) is 0.553. The molecule has 0 atom stereocenters. The van der Waals surface area contributed by atoms with Crippen LogP contribution in [0.25, 0.3) is 0 Å². The van der Waals surface area contributed by atoms with Gasteiger partial charge in [-0.3, -0.25) is 4.98 Å². The van der Waals surface area contributed by atoms with Crippen LogP contribution in [0.15, 0.2) is 27.8 Å². The van der Waals surface area contributed by atoms with Crippen LogP contribution >= 0.6 is 15.9 Å². The molecule has 1 fully saturated rings. The Morgan fingerprint density at radius 2 is 2.05 bits per heavy atom. The Kier molecular flexibility index (Phi) is 4.94. The van der Waals surface area contributed by atoms with Crippen molar-refractivity contribution in [2.45, 2.75) is 24.2 Å². The van der Waals surface area contributed by atoms with E-state index in [-0.39, 0.29) is 4.90 Å². The molecule has 5 nitrogen and oxygen atoms in total. The Labute approximate surface area is 122 Å². The molecule has 0 unspecified atom stereocenters. The number of aromatic nitrogens is 1. The van der Waals surface area contributed by atoms with E-state index in [1.807, 2.05) is 0 Å². The number of nitrogens with two attached hydrogens (primary N) is 1. The predicted molar refractivity (Wildman–Crippen MR) is 77.1 cm³/mol. The van der Waals surface area contributed by atoms with Crippen LogP contribution in [-0.4, -0.2) is 37.3 Å². The number of hydrogen-bond donors (Lipinski definition) is 1. The lowest BCUT2D eigenvalue weighted by molar-refractivity contribution is 0.266. The van der Waals surface area contributed by atoms with Gasteiger partial charge in [-0.25, -0.2) is 8.42 Å². The van der Waals surface area contributed by atoms with E-state index < -0.39 is 10.0 Å². The lowest BCUT2D eigenvalue weighted by Gasteiger charge is -2.30. The van der Waals surface area contributed by atoms with Crippen LogP contribution in [0.1, 0.15) is 19.3 Å². The van der Waals surface area contributed by atoms with Crippen molar-refractivity contribution in [1.29, 1.82) is 0 Å². The second-order valence-electron chi connectivity index (χ2n) is 4.76. The summed E-state index contributed by atoms with van der Waals surface area (Å²) in [4.78, 5) is 4.17. The Morgan fingerprint density at radius 1 is 1.37 bits per heavy atom. The number of sulfonamides is 1. The monoisotopic (exact) mass is 347 g/mol. The lowest BCUT2D eigenvalue weighted by Crippen LogP contribution is -2.38. The number of hydrogen-bond acceptors (Lipinski definition) is 4. The van der Waals surface area contributed by atoms with Gasteiger partial charge in [-0.15, -0.1) is 0 Å². The smallest absolute Gasteiger partial charge is 0.244 e. The quantitative estimate of drug-likeness (QED) is 0.897. The first kappa shape index (κ1) is 14.9. The van der Waals surface area contributed by atoms with E-state index in [0.29, 0.717) is 30.0 Å². The maximum absolute atomic E-state index is 12.4. The largest absolute Gasteiger partial charge is 0.330 e. The molecule has 0 amide bonds. The minimum atomic E-state index is -3.41. The van der Waals surface area contributed by atoms with E-state index in [2.05, 4.69) is 20.9 Å². The molecule has 0 bridgehead atoms. The Balaban J connectivity index is 2.10. The van der Waals surface area contributed by atoms with Crippen molar-refractivity contribution >= 4 is 26.0 Å². The molecule has 2 rings (SSSR count). The summed E-state index contributed by atoms with van der Waals surface area (Å²) >= 11 is 3.25. The highest BCUT2D eigenvalue weighted by Gasteiger charge is 2.29. The molecule has 2 heterocycles. The van der Waals surface area contributed by atoms with Gasteiger partial charge in [0, 0.05) is 30.0 Å². The zero-order chi connectivity index (χ0) is 13.9. The SMILES string of the molecule is NCCC1CCN(S(=O)(=O)c2cncc(Br)c2)CC1. The first-order chi connectivity index (χ1) is 9.04. The number of piperidine rings is 1. The van der Waals surface area contributed by atoms with Gasteiger partial charge in [-0.1, -0.05) is 0 Å². The van der Waals surface area contributed by atoms with E-state index >= 15 is 0 Å². The molecular formula is C12H18BrN3O2S.